The lowest BCUT2D eigenvalue weighted by atomic mass is 9.92. The molecule has 8 aromatic rings. The average Bonchev–Trinajstić information content (AvgIpc) is 0.806. The number of hydrogen-bond donors (Lipinski definition) is 0. The molecule has 8 aromatic carbocycles. The molecule has 113 heavy (non-hydrogen) atoms. The molecule has 0 bridgehead atoms. The summed E-state index contributed by atoms with van der Waals surface area (Å²) in [6, 6.07) is 68.6. The number of hydrogen-bond acceptors (Lipinski definition) is 11. The zero-order valence-electron chi connectivity index (χ0n) is 71.7. The number of Topliss-reactive ketones (excluding diaryl/α,β-unsaturated/α-hetero) is 1. The number of carbonyl (C=O) groups is 1. The van der Waals surface area contributed by atoms with Crippen LogP contribution in [0.2, 0.25) is 52.4 Å². The molecule has 9 nitrogen and oxygen atoms in total. The summed E-state index contributed by atoms with van der Waals surface area (Å²) in [5.74, 6) is 1.94. The maximum absolute atomic E-state index is 11.7. The highest BCUT2D eigenvalue weighted by Crippen LogP contribution is 2.49. The van der Waals surface area contributed by atoms with Crippen molar-refractivity contribution in [3.8, 4) is 57.8 Å². The molecule has 0 unspecified atom stereocenters. The van der Waals surface area contributed by atoms with Crippen molar-refractivity contribution in [2.45, 2.75) is 169 Å². The topological polar surface area (TPSA) is 90.9 Å². The molecule has 634 valence electrons. The maximum Gasteiger partial charge on any atom is 0.402 e. The first kappa shape index (κ1) is 114. The number of carbonyl (C=O) groups excluding carboxylic acids is 1. The van der Waals surface area contributed by atoms with Crippen molar-refractivity contribution in [1.82, 2.24) is 0 Å². The fraction of sp³-hybridized carbons (Fsp3) is 0.414. The van der Waals surface area contributed by atoms with E-state index in [1.807, 2.05) is 148 Å². The van der Waals surface area contributed by atoms with Crippen LogP contribution in [-0.4, -0.2) is 123 Å². The van der Waals surface area contributed by atoms with Gasteiger partial charge in [0.15, 0.2) is 5.41 Å². The van der Waals surface area contributed by atoms with Crippen LogP contribution in [0.1, 0.15) is 80.4 Å². The lowest BCUT2D eigenvalue weighted by molar-refractivity contribution is -0.327. The molecule has 8 rings (SSSR count). The predicted octanol–water partition coefficient (Wildman–Crippen LogP) is 26.8. The Morgan fingerprint density at radius 2 is 0.531 bits per heavy atom. The molecular formula is C87H124F12O9S2Si3. The second-order valence-corrected chi connectivity index (χ2v) is 45.5. The summed E-state index contributed by atoms with van der Waals surface area (Å²) in [4.78, 5) is 11.8. The second kappa shape index (κ2) is 58.8. The number of ether oxygens (including phenoxy) is 8. The number of thioether (sulfide) groups is 1. The summed E-state index contributed by atoms with van der Waals surface area (Å²) in [6.45, 7) is 34.4. The van der Waals surface area contributed by atoms with Crippen LogP contribution in [0.25, 0.3) is 0 Å². The molecule has 0 N–H and O–H groups in total. The number of rotatable bonds is 12. The largest absolute Gasteiger partial charge is 0.497 e. The smallest absolute Gasteiger partial charge is 0.402 e. The van der Waals surface area contributed by atoms with Crippen LogP contribution in [0, 0.1) is 36.5 Å². The first-order chi connectivity index (χ1) is 52.0. The van der Waals surface area contributed by atoms with Crippen LogP contribution in [0.4, 0.5) is 52.7 Å². The molecular weight excluding hydrogens is 1570 g/mol. The van der Waals surface area contributed by atoms with Crippen LogP contribution in [0.5, 0.6) is 46.0 Å². The first-order valence-corrected chi connectivity index (χ1v) is 47.5. The highest BCUT2D eigenvalue weighted by Gasteiger charge is 2.67. The molecule has 0 aromatic heterocycles. The molecule has 0 fully saturated rings. The third-order valence-corrected chi connectivity index (χ3v) is 20.7. The van der Waals surface area contributed by atoms with Gasteiger partial charge in [-0.05, 0) is 195 Å². The number of alkyl halides is 12. The van der Waals surface area contributed by atoms with Crippen molar-refractivity contribution in [3.63, 3.8) is 0 Å². The SMILES string of the molecule is CC#CC.CC(C)(C(F)(F)F)C(F)(F)F.CC(C)(C)C.CC(C)=O.COC.COc1ccc(OC)cc1.COc1ccc(Oc2ccc(OC)cc2)cc1.COc1ccc(Sc2ccc(OC)cc2)cc1.CSC.C[Si](C)(C(F)(F)F)C(F)(F)F.C[Si](C)(C)C.C[Si](C)(c1ccccc1)c1ccccc1.Cc1ccc(C)cc1. The number of benzene rings is 8. The third-order valence-electron chi connectivity index (χ3n) is 13.3. The van der Waals surface area contributed by atoms with E-state index in [1.54, 1.807) is 80.4 Å². The molecule has 0 aliphatic rings. The fourth-order valence-electron chi connectivity index (χ4n) is 6.39. The molecule has 0 saturated heterocycles. The van der Waals surface area contributed by atoms with Crippen molar-refractivity contribution in [1.29, 1.82) is 0 Å². The minimum absolute atomic E-state index is 0.104. The van der Waals surface area contributed by atoms with Gasteiger partial charge in [0, 0.05) is 32.1 Å². The van der Waals surface area contributed by atoms with Gasteiger partial charge >= 0.3 is 24.0 Å². The molecule has 0 saturated carbocycles. The van der Waals surface area contributed by atoms with Gasteiger partial charge in [0.05, 0.1) is 42.7 Å². The molecule has 0 heterocycles. The normalized spacial score (nSPS) is 10.6. The number of ketones is 1. The molecule has 0 aliphatic carbocycles. The van der Waals surface area contributed by atoms with Crippen LogP contribution >= 0.6 is 23.5 Å². The zero-order valence-corrected chi connectivity index (χ0v) is 76.3. The summed E-state index contributed by atoms with van der Waals surface area (Å²) in [7, 11) is 5.98. The summed E-state index contributed by atoms with van der Waals surface area (Å²) in [6.07, 6.45) is -6.41. The number of methoxy groups -OCH3 is 7. The second-order valence-electron chi connectivity index (χ2n) is 28.8. The standard InChI is InChI=1S/C14H14O3.C14H14O2S.C14H16Si.C8H10O2.C8H10.C5H6F6.C5H12.C4H6F6Si.C4H12Si.C4H6.C3H6O.C2H6O.C2H6S/c2*1-15-11-3-7-13(8-4-11)17-14-9-5-12(16-2)6-10-14;1-15(2,13-9-5-3-6-10-13)14-11-7-4-8-12-14;1-9-7-3-5-8(10-2)6-4-7;1-7-3-5-8(2)6-4-7;1-3(2,4(6,7)8)5(9,10)11;1-5(2,3)4;1-11(2,3(5,6)7)4(8,9)10;1-5(2,3)4;1-3-4-2;1-3(2)4;2*1-3-2/h2*3-10H,1-2H3;3-12H,1-2H3;3-6H,1-2H3;3-6H,1-2H3;1-2H3;1-4H3;1-2H3;1-4H3;2*1-2H3;2*1-2H3. The molecule has 0 spiro atoms. The van der Waals surface area contributed by atoms with E-state index in [-0.39, 0.29) is 32.7 Å². The Bertz CT molecular complexity index is 3340. The van der Waals surface area contributed by atoms with Crippen molar-refractivity contribution in [2.24, 2.45) is 10.8 Å². The molecule has 0 atom stereocenters. The summed E-state index contributed by atoms with van der Waals surface area (Å²) in [5.41, 5.74) is -0.466. The first-order valence-electron chi connectivity index (χ1n) is 35.1. The molecule has 26 heteroatoms. The zero-order chi connectivity index (χ0) is 88.7. The van der Waals surface area contributed by atoms with Gasteiger partial charge in [-0.25, -0.2) is 0 Å². The van der Waals surface area contributed by atoms with Crippen molar-refractivity contribution < 1.29 is 95.4 Å². The average molecular weight is 1690 g/mol. The lowest BCUT2D eigenvalue weighted by Gasteiger charge is -2.29. The Morgan fingerprint density at radius 1 is 0.354 bits per heavy atom. The summed E-state index contributed by atoms with van der Waals surface area (Å²) in [5, 5.41) is 2.99. The van der Waals surface area contributed by atoms with Gasteiger partial charge in [-0.2, -0.15) is 64.4 Å². The van der Waals surface area contributed by atoms with Crippen molar-refractivity contribution >= 4 is 63.9 Å². The van der Waals surface area contributed by atoms with Gasteiger partial charge in [0.25, 0.3) is 8.07 Å². The molecule has 0 radical (unpaired) electrons. The van der Waals surface area contributed by atoms with E-state index in [9.17, 15) is 57.5 Å². The van der Waals surface area contributed by atoms with Gasteiger partial charge in [-0.3, -0.25) is 0 Å². The van der Waals surface area contributed by atoms with Gasteiger partial charge in [-0.15, -0.1) is 11.8 Å². The number of halogens is 12. The van der Waals surface area contributed by atoms with E-state index in [4.69, 9.17) is 33.2 Å². The quantitative estimate of drug-likeness (QED) is 0.0665. The summed E-state index contributed by atoms with van der Waals surface area (Å²) < 4.78 is 180. The van der Waals surface area contributed by atoms with Gasteiger partial charge < -0.3 is 42.7 Å². The summed E-state index contributed by atoms with van der Waals surface area (Å²) >= 11 is 3.46. The molecule has 0 amide bonds. The molecule has 0 aliphatic heterocycles. The Balaban J connectivity index is -0.000000386. The van der Waals surface area contributed by atoms with Crippen LogP contribution in [-0.2, 0) is 9.53 Å². The lowest BCUT2D eigenvalue weighted by Crippen LogP contribution is -2.57. The Labute approximate surface area is 680 Å². The number of aryl methyl sites for hydroxylation is 2. The minimum Gasteiger partial charge on any atom is -0.497 e. The van der Waals surface area contributed by atoms with E-state index in [2.05, 4.69) is 182 Å². The van der Waals surface area contributed by atoms with Gasteiger partial charge in [0.2, 0.25) is 0 Å². The van der Waals surface area contributed by atoms with Crippen molar-refractivity contribution in [3.05, 3.63) is 217 Å². The Kier molecular flexibility index (Phi) is 59.2. The minimum atomic E-state index is -5.24. The van der Waals surface area contributed by atoms with Gasteiger partial charge in [0.1, 0.15) is 59.9 Å². The van der Waals surface area contributed by atoms with Gasteiger partial charge in [-0.1, -0.05) is 198 Å². The Morgan fingerprint density at radius 3 is 0.673 bits per heavy atom. The van der Waals surface area contributed by atoms with Crippen LogP contribution in [0.3, 0.4) is 0 Å². The highest BCUT2D eigenvalue weighted by atomic mass is 32.2. The van der Waals surface area contributed by atoms with E-state index < -0.39 is 53.6 Å². The highest BCUT2D eigenvalue weighted by molar-refractivity contribution is 7.99. The van der Waals surface area contributed by atoms with E-state index >= 15 is 0 Å². The monoisotopic (exact) mass is 1690 g/mol. The van der Waals surface area contributed by atoms with Crippen LogP contribution < -0.4 is 43.5 Å². The van der Waals surface area contributed by atoms with E-state index in [1.165, 1.54) is 45.1 Å². The maximum atomic E-state index is 11.7. The van der Waals surface area contributed by atoms with Crippen molar-refractivity contribution in [2.75, 3.05) is 69.4 Å². The van der Waals surface area contributed by atoms with E-state index in [0.717, 1.165) is 46.0 Å². The Hall–Kier alpha value is -7.94. The predicted molar refractivity (Wildman–Crippen MR) is 459 cm³/mol. The van der Waals surface area contributed by atoms with E-state index in [0.29, 0.717) is 5.41 Å². The van der Waals surface area contributed by atoms with Crippen LogP contribution in [0.15, 0.2) is 216 Å². The fourth-order valence-corrected chi connectivity index (χ4v) is 9.92. The third kappa shape index (κ3) is 57.7.